The predicted molar refractivity (Wildman–Crippen MR) is 132 cm³/mol. The lowest BCUT2D eigenvalue weighted by Gasteiger charge is -2.10. The molecule has 1 aliphatic carbocycles. The maximum atomic E-state index is 13.1. The lowest BCUT2D eigenvalue weighted by molar-refractivity contribution is -0.117. The molecule has 2 atom stereocenters. The van der Waals surface area contributed by atoms with Gasteiger partial charge in [0.2, 0.25) is 5.91 Å². The summed E-state index contributed by atoms with van der Waals surface area (Å²) < 4.78 is 11.7. The number of amides is 2. The third-order valence-corrected chi connectivity index (χ3v) is 6.87. The topological polar surface area (TPSA) is 58.2 Å². The number of alkyl halides is 2. The summed E-state index contributed by atoms with van der Waals surface area (Å²) in [6.45, 7) is 0. The molecule has 1 aliphatic rings. The van der Waals surface area contributed by atoms with E-state index in [4.69, 9.17) is 58.0 Å². The molecule has 0 bridgehead atoms. The molecule has 0 radical (unpaired) electrons. The first-order valence-electron chi connectivity index (χ1n) is 9.57. The van der Waals surface area contributed by atoms with Crippen LogP contribution in [0.5, 0.6) is 0 Å². The van der Waals surface area contributed by atoms with E-state index >= 15 is 0 Å². The van der Waals surface area contributed by atoms with Gasteiger partial charge in [0.1, 0.15) is 10.2 Å². The SMILES string of the molecule is O=C(Nc1ccc(F)cc1)c1cc(NC(=O)C2C(c3cc(Cl)cc(Cl)c3)C2(Cl)Cl)ccc1Cl. The molecule has 10 heteroatoms. The van der Waals surface area contributed by atoms with Gasteiger partial charge in [-0.05, 0) is 66.2 Å². The fourth-order valence-electron chi connectivity index (χ4n) is 3.55. The lowest BCUT2D eigenvalue weighted by Crippen LogP contribution is -2.18. The van der Waals surface area contributed by atoms with E-state index in [0.29, 0.717) is 27.0 Å². The molecule has 170 valence electrons. The van der Waals surface area contributed by atoms with Gasteiger partial charge in [-0.3, -0.25) is 9.59 Å². The molecule has 0 heterocycles. The summed E-state index contributed by atoms with van der Waals surface area (Å²) in [6, 6.07) is 14.6. The molecule has 2 unspecified atom stereocenters. The van der Waals surface area contributed by atoms with E-state index in [2.05, 4.69) is 10.6 Å². The van der Waals surface area contributed by atoms with E-state index in [1.165, 1.54) is 36.4 Å². The minimum Gasteiger partial charge on any atom is -0.326 e. The van der Waals surface area contributed by atoms with Crippen molar-refractivity contribution >= 4 is 81.2 Å². The summed E-state index contributed by atoms with van der Waals surface area (Å²) in [5, 5.41) is 6.33. The van der Waals surface area contributed by atoms with Crippen molar-refractivity contribution < 1.29 is 14.0 Å². The zero-order valence-corrected chi connectivity index (χ0v) is 20.3. The molecule has 3 aromatic carbocycles. The van der Waals surface area contributed by atoms with Gasteiger partial charge in [-0.1, -0.05) is 34.8 Å². The molecule has 1 saturated carbocycles. The van der Waals surface area contributed by atoms with Crippen LogP contribution in [0.4, 0.5) is 15.8 Å². The number of carbonyl (C=O) groups excluding carboxylic acids is 2. The Morgan fingerprint density at radius 2 is 1.42 bits per heavy atom. The van der Waals surface area contributed by atoms with Crippen LogP contribution in [0, 0.1) is 11.7 Å². The van der Waals surface area contributed by atoms with E-state index < -0.39 is 33.8 Å². The standard InChI is InChI=1S/C23H14Cl5FN2O2/c24-12-7-11(8-13(25)9-12)19-20(23(19,27)28)22(33)31-16-5-6-18(26)17(10-16)21(32)30-15-3-1-14(29)2-4-15/h1-10,19-20H,(H,30,32)(H,31,33). The van der Waals surface area contributed by atoms with Crippen molar-refractivity contribution in [2.75, 3.05) is 10.6 Å². The van der Waals surface area contributed by atoms with Crippen LogP contribution in [0.1, 0.15) is 21.8 Å². The first-order chi connectivity index (χ1) is 15.6. The van der Waals surface area contributed by atoms with Crippen LogP contribution in [0.15, 0.2) is 60.7 Å². The Morgan fingerprint density at radius 3 is 2.06 bits per heavy atom. The monoisotopic (exact) mass is 544 g/mol. The molecule has 0 aliphatic heterocycles. The van der Waals surface area contributed by atoms with Crippen LogP contribution in [-0.4, -0.2) is 16.1 Å². The van der Waals surface area contributed by atoms with Crippen LogP contribution >= 0.6 is 58.0 Å². The van der Waals surface area contributed by atoms with E-state index in [1.807, 2.05) is 0 Å². The quantitative estimate of drug-likeness (QED) is 0.325. The molecule has 3 aromatic rings. The van der Waals surface area contributed by atoms with Crippen molar-refractivity contribution in [3.8, 4) is 0 Å². The number of benzene rings is 3. The highest BCUT2D eigenvalue weighted by molar-refractivity contribution is 6.53. The molecule has 0 aromatic heterocycles. The minimum atomic E-state index is -1.34. The summed E-state index contributed by atoms with van der Waals surface area (Å²) >= 11 is 31.1. The molecule has 4 rings (SSSR count). The van der Waals surface area contributed by atoms with Crippen molar-refractivity contribution in [2.24, 2.45) is 5.92 Å². The van der Waals surface area contributed by atoms with Gasteiger partial charge in [0.05, 0.1) is 16.5 Å². The Balaban J connectivity index is 1.50. The van der Waals surface area contributed by atoms with Crippen molar-refractivity contribution in [1.82, 2.24) is 0 Å². The van der Waals surface area contributed by atoms with Gasteiger partial charge in [-0.2, -0.15) is 0 Å². The molecule has 33 heavy (non-hydrogen) atoms. The van der Waals surface area contributed by atoms with E-state index in [1.54, 1.807) is 24.3 Å². The number of hydrogen-bond acceptors (Lipinski definition) is 2. The first-order valence-corrected chi connectivity index (χ1v) is 11.5. The molecular weight excluding hydrogens is 533 g/mol. The number of halogens is 6. The Kier molecular flexibility index (Phi) is 6.81. The fourth-order valence-corrected chi connectivity index (χ4v) is 5.13. The van der Waals surface area contributed by atoms with Crippen LogP contribution in [-0.2, 0) is 4.79 Å². The highest BCUT2D eigenvalue weighted by Gasteiger charge is 2.67. The average Bonchev–Trinajstić information content (AvgIpc) is 3.32. The third kappa shape index (κ3) is 5.23. The molecule has 0 saturated heterocycles. The summed E-state index contributed by atoms with van der Waals surface area (Å²) in [5.41, 5.74) is 1.48. The fraction of sp³-hybridized carbons (Fsp3) is 0.130. The highest BCUT2D eigenvalue weighted by Crippen LogP contribution is 2.65. The molecule has 4 nitrogen and oxygen atoms in total. The van der Waals surface area contributed by atoms with Crippen molar-refractivity contribution in [3.63, 3.8) is 0 Å². The first kappa shape index (κ1) is 24.1. The molecule has 2 amide bonds. The normalized spacial score (nSPS) is 18.5. The second-order valence-corrected chi connectivity index (χ2v) is 10.2. The van der Waals surface area contributed by atoms with Crippen molar-refractivity contribution in [1.29, 1.82) is 0 Å². The minimum absolute atomic E-state index is 0.121. The van der Waals surface area contributed by atoms with Crippen molar-refractivity contribution in [3.05, 3.63) is 92.7 Å². The van der Waals surface area contributed by atoms with Gasteiger partial charge in [0, 0.05) is 27.3 Å². The molecule has 1 fully saturated rings. The second-order valence-electron chi connectivity index (χ2n) is 7.48. The zero-order valence-electron chi connectivity index (χ0n) is 16.5. The Labute approximate surface area is 213 Å². The molecular formula is C23H14Cl5FN2O2. The second kappa shape index (κ2) is 9.32. The Bertz CT molecular complexity index is 1230. The zero-order chi connectivity index (χ0) is 23.9. The Hall–Kier alpha value is -2.02. The van der Waals surface area contributed by atoms with Crippen LogP contribution < -0.4 is 10.6 Å². The third-order valence-electron chi connectivity index (χ3n) is 5.16. The average molecular weight is 547 g/mol. The lowest BCUT2D eigenvalue weighted by atomic mass is 10.1. The number of anilines is 2. The Morgan fingerprint density at radius 1 is 0.818 bits per heavy atom. The van der Waals surface area contributed by atoms with Crippen LogP contribution in [0.3, 0.4) is 0 Å². The van der Waals surface area contributed by atoms with E-state index in [0.717, 1.165) is 0 Å². The van der Waals surface area contributed by atoms with Gasteiger partial charge in [0.15, 0.2) is 0 Å². The maximum absolute atomic E-state index is 13.1. The summed E-state index contributed by atoms with van der Waals surface area (Å²) in [6.07, 6.45) is 0. The number of hydrogen-bond donors (Lipinski definition) is 2. The van der Waals surface area contributed by atoms with Gasteiger partial charge < -0.3 is 10.6 Å². The van der Waals surface area contributed by atoms with Crippen LogP contribution in [0.25, 0.3) is 0 Å². The maximum Gasteiger partial charge on any atom is 0.257 e. The van der Waals surface area contributed by atoms with Gasteiger partial charge >= 0.3 is 0 Å². The predicted octanol–water partition coefficient (Wildman–Crippen LogP) is 7.56. The number of carbonyl (C=O) groups is 2. The van der Waals surface area contributed by atoms with Gasteiger partial charge in [0.25, 0.3) is 5.91 Å². The van der Waals surface area contributed by atoms with E-state index in [9.17, 15) is 14.0 Å². The van der Waals surface area contributed by atoms with Crippen LogP contribution in [0.2, 0.25) is 15.1 Å². The van der Waals surface area contributed by atoms with Crippen molar-refractivity contribution in [2.45, 2.75) is 10.3 Å². The van der Waals surface area contributed by atoms with E-state index in [-0.39, 0.29) is 10.6 Å². The molecule has 0 spiro atoms. The number of nitrogens with one attached hydrogen (secondary N) is 2. The highest BCUT2D eigenvalue weighted by atomic mass is 35.5. The summed E-state index contributed by atoms with van der Waals surface area (Å²) in [4.78, 5) is 25.6. The number of rotatable bonds is 5. The summed E-state index contributed by atoms with van der Waals surface area (Å²) in [7, 11) is 0. The summed E-state index contributed by atoms with van der Waals surface area (Å²) in [5.74, 6) is -2.66. The van der Waals surface area contributed by atoms with Gasteiger partial charge in [-0.15, -0.1) is 23.2 Å². The molecule has 2 N–H and O–H groups in total. The smallest absolute Gasteiger partial charge is 0.257 e. The van der Waals surface area contributed by atoms with Gasteiger partial charge in [-0.25, -0.2) is 4.39 Å². The largest absolute Gasteiger partial charge is 0.326 e.